The Morgan fingerprint density at radius 2 is 2.05 bits per heavy atom. The Kier molecular flexibility index (Phi) is 4.04. The second-order valence-corrected chi connectivity index (χ2v) is 5.08. The minimum absolute atomic E-state index is 0.0499. The Morgan fingerprint density at radius 1 is 1.42 bits per heavy atom. The van der Waals surface area contributed by atoms with Crippen molar-refractivity contribution in [3.63, 3.8) is 0 Å². The number of rotatable bonds is 3. The van der Waals surface area contributed by atoms with Gasteiger partial charge in [-0.05, 0) is 32.4 Å². The molecule has 104 valence electrons. The maximum atomic E-state index is 11.3. The van der Waals surface area contributed by atoms with Crippen molar-refractivity contribution in [1.29, 1.82) is 0 Å². The van der Waals surface area contributed by atoms with Gasteiger partial charge in [-0.25, -0.2) is 9.78 Å². The van der Waals surface area contributed by atoms with Crippen LogP contribution >= 0.6 is 0 Å². The average molecular weight is 265 g/mol. The van der Waals surface area contributed by atoms with E-state index in [2.05, 4.69) is 4.98 Å². The van der Waals surface area contributed by atoms with Gasteiger partial charge in [-0.2, -0.15) is 0 Å². The maximum absolute atomic E-state index is 11.3. The quantitative estimate of drug-likeness (QED) is 0.909. The summed E-state index contributed by atoms with van der Waals surface area (Å²) in [6, 6.07) is 1.67. The van der Waals surface area contributed by atoms with Gasteiger partial charge in [0.2, 0.25) is 5.88 Å². The predicted octanol–water partition coefficient (Wildman–Crippen LogP) is 2.42. The van der Waals surface area contributed by atoms with Crippen LogP contribution in [0.4, 0.5) is 0 Å². The molecule has 1 aliphatic heterocycles. The minimum Gasteiger partial charge on any atom is -0.477 e. The van der Waals surface area contributed by atoms with Gasteiger partial charge in [-0.1, -0.05) is 0 Å². The lowest BCUT2D eigenvalue weighted by Crippen LogP contribution is -2.36. The zero-order chi connectivity index (χ0) is 14.0. The van der Waals surface area contributed by atoms with Crippen LogP contribution in [0.3, 0.4) is 0 Å². The van der Waals surface area contributed by atoms with E-state index in [0.29, 0.717) is 5.56 Å². The maximum Gasteiger partial charge on any atom is 0.341 e. The second kappa shape index (κ2) is 5.57. The van der Waals surface area contributed by atoms with Crippen molar-refractivity contribution in [3.8, 4) is 5.88 Å². The van der Waals surface area contributed by atoms with E-state index in [0.717, 1.165) is 12.8 Å². The van der Waals surface area contributed by atoms with E-state index in [9.17, 15) is 9.90 Å². The largest absolute Gasteiger partial charge is 0.477 e. The summed E-state index contributed by atoms with van der Waals surface area (Å²) < 4.78 is 11.4. The molecule has 5 heteroatoms. The van der Waals surface area contributed by atoms with E-state index < -0.39 is 5.97 Å². The molecule has 1 fully saturated rings. The smallest absolute Gasteiger partial charge is 0.341 e. The normalized spacial score (nSPS) is 27.0. The molecule has 0 amide bonds. The summed E-state index contributed by atoms with van der Waals surface area (Å²) in [6.45, 7) is 5.73. The van der Waals surface area contributed by atoms with E-state index >= 15 is 0 Å². The van der Waals surface area contributed by atoms with Crippen LogP contribution in [0.2, 0.25) is 0 Å². The number of nitrogens with zero attached hydrogens (tertiary/aromatic N) is 1. The zero-order valence-corrected chi connectivity index (χ0v) is 11.4. The van der Waals surface area contributed by atoms with Crippen LogP contribution < -0.4 is 4.74 Å². The molecule has 1 aromatic heterocycles. The average Bonchev–Trinajstić information content (AvgIpc) is 2.26. The first-order chi connectivity index (χ1) is 8.97. The van der Waals surface area contributed by atoms with E-state index in [1.165, 1.54) is 0 Å². The van der Waals surface area contributed by atoms with Gasteiger partial charge in [-0.3, -0.25) is 0 Å². The SMILES string of the molecule is Cc1ccnc(OC2CC(C)OC(C)C2)c1C(=O)O. The van der Waals surface area contributed by atoms with Gasteiger partial charge in [-0.15, -0.1) is 0 Å². The second-order valence-electron chi connectivity index (χ2n) is 5.08. The first-order valence-corrected chi connectivity index (χ1v) is 6.48. The zero-order valence-electron chi connectivity index (χ0n) is 11.4. The summed E-state index contributed by atoms with van der Waals surface area (Å²) in [6.07, 6.45) is 3.26. The Hall–Kier alpha value is -1.62. The lowest BCUT2D eigenvalue weighted by atomic mass is 10.0. The van der Waals surface area contributed by atoms with Crippen LogP contribution in [-0.2, 0) is 4.74 Å². The molecular formula is C14H19NO4. The van der Waals surface area contributed by atoms with Crippen molar-refractivity contribution in [2.24, 2.45) is 0 Å². The van der Waals surface area contributed by atoms with Gasteiger partial charge < -0.3 is 14.6 Å². The lowest BCUT2D eigenvalue weighted by Gasteiger charge is -2.32. The number of aromatic nitrogens is 1. The molecule has 0 spiro atoms. The fourth-order valence-corrected chi connectivity index (χ4v) is 2.48. The molecule has 0 radical (unpaired) electrons. The van der Waals surface area contributed by atoms with Gasteiger partial charge in [0.05, 0.1) is 12.2 Å². The number of ether oxygens (including phenoxy) is 2. The molecule has 1 N–H and O–H groups in total. The summed E-state index contributed by atoms with van der Waals surface area (Å²) in [4.78, 5) is 15.3. The van der Waals surface area contributed by atoms with Gasteiger partial charge in [0.25, 0.3) is 0 Å². The number of carbonyl (C=O) groups is 1. The lowest BCUT2D eigenvalue weighted by molar-refractivity contribution is -0.0730. The van der Waals surface area contributed by atoms with Crippen molar-refractivity contribution in [1.82, 2.24) is 4.98 Å². The Morgan fingerprint density at radius 3 is 2.63 bits per heavy atom. The Balaban J connectivity index is 2.19. The molecule has 1 aromatic rings. The van der Waals surface area contributed by atoms with Gasteiger partial charge >= 0.3 is 5.97 Å². The molecule has 1 saturated heterocycles. The van der Waals surface area contributed by atoms with E-state index in [1.54, 1.807) is 19.2 Å². The highest BCUT2D eigenvalue weighted by Gasteiger charge is 2.27. The fourth-order valence-electron chi connectivity index (χ4n) is 2.48. The number of pyridine rings is 1. The highest BCUT2D eigenvalue weighted by molar-refractivity contribution is 5.91. The third kappa shape index (κ3) is 3.23. The molecule has 2 atom stereocenters. The van der Waals surface area contributed by atoms with Crippen molar-refractivity contribution in [2.75, 3.05) is 0 Å². The number of carboxylic acid groups (broad SMARTS) is 1. The Bertz CT molecular complexity index is 465. The van der Waals surface area contributed by atoms with E-state index in [1.807, 2.05) is 13.8 Å². The third-order valence-corrected chi connectivity index (χ3v) is 3.27. The van der Waals surface area contributed by atoms with Crippen molar-refractivity contribution in [2.45, 2.75) is 51.9 Å². The number of hydrogen-bond acceptors (Lipinski definition) is 4. The van der Waals surface area contributed by atoms with Gasteiger partial charge in [0, 0.05) is 19.0 Å². The Labute approximate surface area is 112 Å². The van der Waals surface area contributed by atoms with Crippen LogP contribution in [0, 0.1) is 6.92 Å². The third-order valence-electron chi connectivity index (χ3n) is 3.27. The monoisotopic (exact) mass is 265 g/mol. The van der Waals surface area contributed by atoms with Crippen LogP contribution in [-0.4, -0.2) is 34.4 Å². The van der Waals surface area contributed by atoms with Crippen molar-refractivity contribution in [3.05, 3.63) is 23.4 Å². The van der Waals surface area contributed by atoms with Crippen molar-refractivity contribution < 1.29 is 19.4 Å². The van der Waals surface area contributed by atoms with Gasteiger partial charge in [0.1, 0.15) is 11.7 Å². The summed E-state index contributed by atoms with van der Waals surface area (Å²) in [5.74, 6) is -0.799. The molecule has 2 heterocycles. The number of hydrogen-bond donors (Lipinski definition) is 1. The standard InChI is InChI=1S/C14H19NO4/c1-8-4-5-15-13(12(8)14(16)17)19-11-6-9(2)18-10(3)7-11/h4-5,9-11H,6-7H2,1-3H3,(H,16,17). The summed E-state index contributed by atoms with van der Waals surface area (Å²) in [5.41, 5.74) is 0.806. The topological polar surface area (TPSA) is 68.7 Å². The van der Waals surface area contributed by atoms with Crippen LogP contribution in [0.5, 0.6) is 5.88 Å². The van der Waals surface area contributed by atoms with Crippen LogP contribution in [0.25, 0.3) is 0 Å². The number of carboxylic acids is 1. The summed E-state index contributed by atoms with van der Waals surface area (Å²) in [7, 11) is 0. The molecule has 19 heavy (non-hydrogen) atoms. The summed E-state index contributed by atoms with van der Waals surface area (Å²) >= 11 is 0. The first-order valence-electron chi connectivity index (χ1n) is 6.48. The number of aryl methyl sites for hydroxylation is 1. The van der Waals surface area contributed by atoms with Gasteiger partial charge in [0.15, 0.2) is 0 Å². The highest BCUT2D eigenvalue weighted by atomic mass is 16.5. The van der Waals surface area contributed by atoms with E-state index in [4.69, 9.17) is 9.47 Å². The van der Waals surface area contributed by atoms with Crippen LogP contribution in [0.1, 0.15) is 42.6 Å². The summed E-state index contributed by atoms with van der Waals surface area (Å²) in [5, 5.41) is 9.24. The van der Waals surface area contributed by atoms with Crippen molar-refractivity contribution >= 4 is 5.97 Å². The fraction of sp³-hybridized carbons (Fsp3) is 0.571. The number of aromatic carboxylic acids is 1. The first kappa shape index (κ1) is 13.8. The van der Waals surface area contributed by atoms with E-state index in [-0.39, 0.29) is 29.8 Å². The molecule has 2 rings (SSSR count). The molecule has 0 saturated carbocycles. The molecular weight excluding hydrogens is 246 g/mol. The molecule has 1 aliphatic rings. The molecule has 0 aromatic carbocycles. The molecule has 0 aliphatic carbocycles. The predicted molar refractivity (Wildman–Crippen MR) is 69.6 cm³/mol. The molecule has 2 unspecified atom stereocenters. The van der Waals surface area contributed by atoms with Crippen LogP contribution in [0.15, 0.2) is 12.3 Å². The molecule has 5 nitrogen and oxygen atoms in total. The minimum atomic E-state index is -1.01. The highest BCUT2D eigenvalue weighted by Crippen LogP contribution is 2.26. The molecule has 0 bridgehead atoms.